The standard InChI is InChI=1S/C13H26O4S/c1-3-4-11(2)7-13(9-14,10-15)12-5-6-18(16,17)8-12/h11-12,14-15H,3-10H2,1-2H3. The molecule has 0 aromatic heterocycles. The number of hydrogen-bond donors (Lipinski definition) is 2. The largest absolute Gasteiger partial charge is 0.396 e. The quantitative estimate of drug-likeness (QED) is 0.734. The molecule has 1 aliphatic heterocycles. The van der Waals surface area contributed by atoms with Crippen molar-refractivity contribution < 1.29 is 18.6 Å². The van der Waals surface area contributed by atoms with Crippen molar-refractivity contribution in [1.29, 1.82) is 0 Å². The van der Waals surface area contributed by atoms with Crippen molar-refractivity contribution in [3.8, 4) is 0 Å². The maximum absolute atomic E-state index is 11.6. The van der Waals surface area contributed by atoms with Gasteiger partial charge in [-0.05, 0) is 24.7 Å². The maximum atomic E-state index is 11.6. The second-order valence-electron chi connectivity index (χ2n) is 5.88. The first-order valence-electron chi connectivity index (χ1n) is 6.81. The summed E-state index contributed by atoms with van der Waals surface area (Å²) in [5.74, 6) is 0.614. The fourth-order valence-corrected chi connectivity index (χ4v) is 5.11. The van der Waals surface area contributed by atoms with Crippen LogP contribution in [-0.2, 0) is 9.84 Å². The van der Waals surface area contributed by atoms with Crippen LogP contribution in [-0.4, -0.2) is 43.4 Å². The van der Waals surface area contributed by atoms with Crippen LogP contribution in [0.3, 0.4) is 0 Å². The van der Waals surface area contributed by atoms with Gasteiger partial charge >= 0.3 is 0 Å². The lowest BCUT2D eigenvalue weighted by Gasteiger charge is -2.37. The van der Waals surface area contributed by atoms with Crippen LogP contribution in [0, 0.1) is 17.3 Å². The Hall–Kier alpha value is -0.130. The van der Waals surface area contributed by atoms with Crippen LogP contribution < -0.4 is 0 Å². The van der Waals surface area contributed by atoms with E-state index in [0.29, 0.717) is 18.8 Å². The first-order chi connectivity index (χ1) is 8.39. The Labute approximate surface area is 110 Å². The van der Waals surface area contributed by atoms with E-state index in [2.05, 4.69) is 13.8 Å². The van der Waals surface area contributed by atoms with E-state index in [1.807, 2.05) is 0 Å². The van der Waals surface area contributed by atoms with E-state index in [9.17, 15) is 18.6 Å². The summed E-state index contributed by atoms with van der Waals surface area (Å²) in [4.78, 5) is 0. The molecule has 18 heavy (non-hydrogen) atoms. The third-order valence-electron chi connectivity index (χ3n) is 4.26. The summed E-state index contributed by atoms with van der Waals surface area (Å²) in [6.07, 6.45) is 3.38. The van der Waals surface area contributed by atoms with Gasteiger partial charge in [-0.3, -0.25) is 0 Å². The van der Waals surface area contributed by atoms with Crippen molar-refractivity contribution in [2.45, 2.75) is 39.5 Å². The Morgan fingerprint density at radius 2 is 1.94 bits per heavy atom. The van der Waals surface area contributed by atoms with E-state index in [1.54, 1.807) is 0 Å². The zero-order valence-electron chi connectivity index (χ0n) is 11.4. The number of aliphatic hydroxyl groups is 2. The van der Waals surface area contributed by atoms with Gasteiger partial charge in [-0.15, -0.1) is 0 Å². The van der Waals surface area contributed by atoms with Gasteiger partial charge in [0.2, 0.25) is 0 Å². The summed E-state index contributed by atoms with van der Waals surface area (Å²) in [6.45, 7) is 3.96. The molecule has 0 aromatic rings. The fraction of sp³-hybridized carbons (Fsp3) is 1.00. The molecule has 2 N–H and O–H groups in total. The first kappa shape index (κ1) is 15.9. The van der Waals surface area contributed by atoms with Gasteiger partial charge in [0.05, 0.1) is 24.7 Å². The van der Waals surface area contributed by atoms with Gasteiger partial charge in [0.15, 0.2) is 9.84 Å². The third kappa shape index (κ3) is 3.68. The predicted octanol–water partition coefficient (Wildman–Crippen LogP) is 1.22. The van der Waals surface area contributed by atoms with Gasteiger partial charge in [-0.1, -0.05) is 26.7 Å². The smallest absolute Gasteiger partial charge is 0.150 e. The number of rotatable bonds is 7. The third-order valence-corrected chi connectivity index (χ3v) is 6.03. The summed E-state index contributed by atoms with van der Waals surface area (Å²) < 4.78 is 23.1. The van der Waals surface area contributed by atoms with E-state index in [4.69, 9.17) is 0 Å². The fourth-order valence-electron chi connectivity index (χ4n) is 3.17. The Morgan fingerprint density at radius 3 is 2.33 bits per heavy atom. The van der Waals surface area contributed by atoms with Gasteiger partial charge in [-0.2, -0.15) is 0 Å². The summed E-state index contributed by atoms with van der Waals surface area (Å²) >= 11 is 0. The van der Waals surface area contributed by atoms with Crippen LogP contribution >= 0.6 is 0 Å². The number of hydrogen-bond acceptors (Lipinski definition) is 4. The van der Waals surface area contributed by atoms with Crippen LogP contribution in [0.4, 0.5) is 0 Å². The van der Waals surface area contributed by atoms with Gasteiger partial charge in [0.1, 0.15) is 0 Å². The topological polar surface area (TPSA) is 74.6 Å². The SMILES string of the molecule is CCCC(C)CC(CO)(CO)C1CCS(=O)(=O)C1. The zero-order chi connectivity index (χ0) is 13.8. The van der Waals surface area contributed by atoms with Crippen LogP contribution in [0.25, 0.3) is 0 Å². The molecule has 1 rings (SSSR count). The molecule has 1 saturated heterocycles. The molecule has 0 bridgehead atoms. The minimum atomic E-state index is -2.97. The molecule has 0 aliphatic carbocycles. The van der Waals surface area contributed by atoms with Crippen LogP contribution in [0.2, 0.25) is 0 Å². The lowest BCUT2D eigenvalue weighted by atomic mass is 9.70. The zero-order valence-corrected chi connectivity index (χ0v) is 12.2. The normalized spacial score (nSPS) is 25.2. The minimum absolute atomic E-state index is 0.100. The van der Waals surface area contributed by atoms with Crippen molar-refractivity contribution in [2.24, 2.45) is 17.3 Å². The van der Waals surface area contributed by atoms with E-state index < -0.39 is 15.3 Å². The highest BCUT2D eigenvalue weighted by Crippen LogP contribution is 2.41. The molecule has 2 unspecified atom stereocenters. The van der Waals surface area contributed by atoms with Gasteiger partial charge in [0.25, 0.3) is 0 Å². The Bertz CT molecular complexity index is 346. The van der Waals surface area contributed by atoms with Crippen molar-refractivity contribution in [3.05, 3.63) is 0 Å². The van der Waals surface area contributed by atoms with E-state index >= 15 is 0 Å². The monoisotopic (exact) mass is 278 g/mol. The minimum Gasteiger partial charge on any atom is -0.396 e. The molecule has 108 valence electrons. The molecule has 4 nitrogen and oxygen atoms in total. The first-order valence-corrected chi connectivity index (χ1v) is 8.63. The van der Waals surface area contributed by atoms with E-state index in [0.717, 1.165) is 12.8 Å². The molecule has 5 heteroatoms. The molecule has 0 aromatic carbocycles. The highest BCUT2D eigenvalue weighted by atomic mass is 32.2. The second-order valence-corrected chi connectivity index (χ2v) is 8.11. The lowest BCUT2D eigenvalue weighted by molar-refractivity contribution is -0.00693. The average molecular weight is 278 g/mol. The maximum Gasteiger partial charge on any atom is 0.150 e. The molecule has 1 aliphatic rings. The Kier molecular flexibility index (Phi) is 5.62. The molecule has 0 spiro atoms. The van der Waals surface area contributed by atoms with Gasteiger partial charge < -0.3 is 10.2 Å². The van der Waals surface area contributed by atoms with Crippen LogP contribution in [0.5, 0.6) is 0 Å². The molecule has 1 heterocycles. The summed E-state index contributed by atoms with van der Waals surface area (Å²) in [5.41, 5.74) is -0.627. The molecule has 0 amide bonds. The van der Waals surface area contributed by atoms with Crippen molar-refractivity contribution in [3.63, 3.8) is 0 Å². The van der Waals surface area contributed by atoms with Crippen molar-refractivity contribution >= 4 is 9.84 Å². The molecular weight excluding hydrogens is 252 g/mol. The average Bonchev–Trinajstić information content (AvgIpc) is 2.67. The van der Waals surface area contributed by atoms with Gasteiger partial charge in [-0.25, -0.2) is 8.42 Å². The van der Waals surface area contributed by atoms with Crippen LogP contribution in [0.15, 0.2) is 0 Å². The van der Waals surface area contributed by atoms with Gasteiger partial charge in [0, 0.05) is 5.41 Å². The summed E-state index contributed by atoms with van der Waals surface area (Å²) in [5, 5.41) is 19.3. The molecule has 0 radical (unpaired) electrons. The molecular formula is C13H26O4S. The molecule has 1 fully saturated rings. The summed E-state index contributed by atoms with van der Waals surface area (Å²) in [7, 11) is -2.97. The second kappa shape index (κ2) is 6.35. The highest BCUT2D eigenvalue weighted by molar-refractivity contribution is 7.91. The summed E-state index contributed by atoms with van der Waals surface area (Å²) in [6, 6.07) is 0. The van der Waals surface area contributed by atoms with Crippen molar-refractivity contribution in [1.82, 2.24) is 0 Å². The number of aliphatic hydroxyl groups excluding tert-OH is 2. The number of sulfone groups is 1. The van der Waals surface area contributed by atoms with E-state index in [1.165, 1.54) is 0 Å². The molecule has 0 saturated carbocycles. The lowest BCUT2D eigenvalue weighted by Crippen LogP contribution is -2.40. The highest BCUT2D eigenvalue weighted by Gasteiger charge is 2.44. The van der Waals surface area contributed by atoms with Crippen LogP contribution in [0.1, 0.15) is 39.5 Å². The Morgan fingerprint density at radius 1 is 1.33 bits per heavy atom. The predicted molar refractivity (Wildman–Crippen MR) is 72.1 cm³/mol. The van der Waals surface area contributed by atoms with Crippen molar-refractivity contribution in [2.75, 3.05) is 24.7 Å². The van der Waals surface area contributed by atoms with E-state index in [-0.39, 0.29) is 30.6 Å². The molecule has 2 atom stereocenters. The Balaban J connectivity index is 2.80.